The minimum atomic E-state index is 0.790. The Kier molecular flexibility index (Phi) is 3.28. The van der Waals surface area contributed by atoms with Crippen molar-refractivity contribution in [1.29, 1.82) is 0 Å². The van der Waals surface area contributed by atoms with Crippen LogP contribution in [0, 0.1) is 0 Å². The third kappa shape index (κ3) is 2.73. The minimum Gasteiger partial charge on any atom is -0.399 e. The van der Waals surface area contributed by atoms with Gasteiger partial charge in [0.05, 0.1) is 6.54 Å². The summed E-state index contributed by atoms with van der Waals surface area (Å²) < 4.78 is 1.16. The van der Waals surface area contributed by atoms with Crippen LogP contribution in [-0.2, 0) is 6.54 Å². The number of rotatable bonds is 3. The second-order valence-electron chi connectivity index (χ2n) is 3.17. The van der Waals surface area contributed by atoms with E-state index in [2.05, 4.69) is 32.7 Å². The molecule has 15 heavy (non-hydrogen) atoms. The summed E-state index contributed by atoms with van der Waals surface area (Å²) in [7, 11) is 0. The molecule has 2 nitrogen and oxygen atoms in total. The fourth-order valence-corrected chi connectivity index (χ4v) is 2.67. The summed E-state index contributed by atoms with van der Waals surface area (Å²) >= 11 is 5.24. The molecule has 0 aliphatic carbocycles. The summed E-state index contributed by atoms with van der Waals surface area (Å²) in [5.74, 6) is 0. The number of nitrogens with two attached hydrogens (primary N) is 1. The fraction of sp³-hybridized carbons (Fsp3) is 0.0909. The van der Waals surface area contributed by atoms with E-state index in [0.717, 1.165) is 22.4 Å². The lowest BCUT2D eigenvalue weighted by Gasteiger charge is -2.05. The van der Waals surface area contributed by atoms with Gasteiger partial charge in [-0.25, -0.2) is 0 Å². The van der Waals surface area contributed by atoms with Gasteiger partial charge in [-0.1, -0.05) is 0 Å². The number of benzene rings is 1. The van der Waals surface area contributed by atoms with E-state index in [-0.39, 0.29) is 0 Å². The van der Waals surface area contributed by atoms with Crippen molar-refractivity contribution in [2.24, 2.45) is 0 Å². The second-order valence-corrected chi connectivity index (χ2v) is 5.02. The molecular weight excluding hydrogens is 272 g/mol. The number of halogens is 1. The van der Waals surface area contributed by atoms with Crippen LogP contribution in [0.15, 0.2) is 40.2 Å². The molecule has 0 radical (unpaired) electrons. The first-order chi connectivity index (χ1) is 7.25. The standard InChI is InChI=1S/C11H11BrN2S/c12-10-5-6-15-11(10)7-14-9-3-1-8(13)2-4-9/h1-6,14H,7,13H2. The van der Waals surface area contributed by atoms with Gasteiger partial charge < -0.3 is 11.1 Å². The van der Waals surface area contributed by atoms with Crippen molar-refractivity contribution >= 4 is 38.6 Å². The lowest BCUT2D eigenvalue weighted by Crippen LogP contribution is -1.97. The first-order valence-electron chi connectivity index (χ1n) is 4.57. The van der Waals surface area contributed by atoms with Crippen molar-refractivity contribution in [3.05, 3.63) is 45.1 Å². The highest BCUT2D eigenvalue weighted by molar-refractivity contribution is 9.10. The van der Waals surface area contributed by atoms with Crippen molar-refractivity contribution < 1.29 is 0 Å². The quantitative estimate of drug-likeness (QED) is 0.843. The molecule has 0 unspecified atom stereocenters. The molecule has 1 aromatic heterocycles. The maximum atomic E-state index is 5.61. The Morgan fingerprint density at radius 3 is 2.53 bits per heavy atom. The Hall–Kier alpha value is -1.00. The molecule has 0 aliphatic rings. The van der Waals surface area contributed by atoms with Crippen molar-refractivity contribution in [3.8, 4) is 0 Å². The molecule has 0 saturated carbocycles. The minimum absolute atomic E-state index is 0.790. The van der Waals surface area contributed by atoms with Crippen LogP contribution in [0.4, 0.5) is 11.4 Å². The molecule has 4 heteroatoms. The first kappa shape index (κ1) is 10.5. The van der Waals surface area contributed by atoms with E-state index in [9.17, 15) is 0 Å². The molecule has 0 fully saturated rings. The Labute approximate surface area is 101 Å². The third-order valence-electron chi connectivity index (χ3n) is 2.05. The monoisotopic (exact) mass is 282 g/mol. The molecule has 0 bridgehead atoms. The lowest BCUT2D eigenvalue weighted by molar-refractivity contribution is 1.18. The van der Waals surface area contributed by atoms with E-state index in [4.69, 9.17) is 5.73 Å². The lowest BCUT2D eigenvalue weighted by atomic mass is 10.3. The molecule has 0 aliphatic heterocycles. The van der Waals surface area contributed by atoms with Crippen LogP contribution in [0.5, 0.6) is 0 Å². The second kappa shape index (κ2) is 4.68. The summed E-state index contributed by atoms with van der Waals surface area (Å²) in [5, 5.41) is 5.41. The highest BCUT2D eigenvalue weighted by atomic mass is 79.9. The molecule has 0 atom stereocenters. The van der Waals surface area contributed by atoms with Gasteiger partial charge in [-0.3, -0.25) is 0 Å². The number of nitrogens with one attached hydrogen (secondary N) is 1. The summed E-state index contributed by atoms with van der Waals surface area (Å²) in [4.78, 5) is 1.30. The number of hydrogen-bond acceptors (Lipinski definition) is 3. The van der Waals surface area contributed by atoms with Gasteiger partial charge in [-0.05, 0) is 51.6 Å². The summed E-state index contributed by atoms with van der Waals surface area (Å²) in [6.07, 6.45) is 0. The average molecular weight is 283 g/mol. The van der Waals surface area contributed by atoms with Gasteiger partial charge in [0.15, 0.2) is 0 Å². The van der Waals surface area contributed by atoms with Gasteiger partial charge in [-0.15, -0.1) is 11.3 Å². The zero-order valence-corrected chi connectivity index (χ0v) is 10.4. The normalized spacial score (nSPS) is 10.2. The van der Waals surface area contributed by atoms with Crippen LogP contribution in [-0.4, -0.2) is 0 Å². The Morgan fingerprint density at radius 2 is 1.93 bits per heavy atom. The SMILES string of the molecule is Nc1ccc(NCc2sccc2Br)cc1. The zero-order valence-electron chi connectivity index (χ0n) is 8.03. The van der Waals surface area contributed by atoms with Gasteiger partial charge in [0.2, 0.25) is 0 Å². The molecule has 1 heterocycles. The topological polar surface area (TPSA) is 38.0 Å². The Balaban J connectivity index is 1.99. The predicted molar refractivity (Wildman–Crippen MR) is 70.2 cm³/mol. The van der Waals surface area contributed by atoms with E-state index < -0.39 is 0 Å². The van der Waals surface area contributed by atoms with Crippen LogP contribution in [0.1, 0.15) is 4.88 Å². The van der Waals surface area contributed by atoms with Gasteiger partial charge in [0.1, 0.15) is 0 Å². The number of thiophene rings is 1. The van der Waals surface area contributed by atoms with Crippen LogP contribution in [0.2, 0.25) is 0 Å². The highest BCUT2D eigenvalue weighted by Gasteiger charge is 2.00. The molecular formula is C11H11BrN2S. The van der Waals surface area contributed by atoms with Crippen LogP contribution in [0.25, 0.3) is 0 Å². The molecule has 78 valence electrons. The number of hydrogen-bond donors (Lipinski definition) is 2. The van der Waals surface area contributed by atoms with E-state index >= 15 is 0 Å². The molecule has 0 spiro atoms. The van der Waals surface area contributed by atoms with Crippen LogP contribution in [0.3, 0.4) is 0 Å². The largest absolute Gasteiger partial charge is 0.399 e. The smallest absolute Gasteiger partial charge is 0.0505 e. The Bertz CT molecular complexity index is 436. The van der Waals surface area contributed by atoms with Gasteiger partial charge in [0.25, 0.3) is 0 Å². The summed E-state index contributed by atoms with van der Waals surface area (Å²) in [6, 6.07) is 9.82. The van der Waals surface area contributed by atoms with E-state index in [1.807, 2.05) is 24.3 Å². The number of nitrogen functional groups attached to an aromatic ring is 1. The first-order valence-corrected chi connectivity index (χ1v) is 6.24. The molecule has 1 aromatic carbocycles. The maximum Gasteiger partial charge on any atom is 0.0505 e. The summed E-state index contributed by atoms with van der Waals surface area (Å²) in [5.41, 5.74) is 7.49. The van der Waals surface area contributed by atoms with E-state index in [0.29, 0.717) is 0 Å². The van der Waals surface area contributed by atoms with Gasteiger partial charge in [-0.2, -0.15) is 0 Å². The van der Waals surface area contributed by atoms with E-state index in [1.54, 1.807) is 11.3 Å². The van der Waals surface area contributed by atoms with Gasteiger partial charge in [0, 0.05) is 20.7 Å². The van der Waals surface area contributed by atoms with Crippen molar-refractivity contribution in [3.63, 3.8) is 0 Å². The predicted octanol–water partition coefficient (Wildman–Crippen LogP) is 3.70. The molecule has 0 saturated heterocycles. The number of anilines is 2. The molecule has 2 rings (SSSR count). The zero-order chi connectivity index (χ0) is 10.7. The average Bonchev–Trinajstić information content (AvgIpc) is 2.63. The highest BCUT2D eigenvalue weighted by Crippen LogP contribution is 2.23. The van der Waals surface area contributed by atoms with Gasteiger partial charge >= 0.3 is 0 Å². The van der Waals surface area contributed by atoms with Crippen LogP contribution >= 0.6 is 27.3 Å². The molecule has 0 amide bonds. The van der Waals surface area contributed by atoms with E-state index in [1.165, 1.54) is 4.88 Å². The van der Waals surface area contributed by atoms with Crippen LogP contribution < -0.4 is 11.1 Å². The third-order valence-corrected chi connectivity index (χ3v) is 3.98. The van der Waals surface area contributed by atoms with Crippen molar-refractivity contribution in [2.45, 2.75) is 6.54 Å². The Morgan fingerprint density at radius 1 is 1.20 bits per heavy atom. The van der Waals surface area contributed by atoms with Crippen molar-refractivity contribution in [2.75, 3.05) is 11.1 Å². The molecule has 3 N–H and O–H groups in total. The van der Waals surface area contributed by atoms with Crippen molar-refractivity contribution in [1.82, 2.24) is 0 Å². The maximum absolute atomic E-state index is 5.61. The molecule has 2 aromatic rings. The summed E-state index contributed by atoms with van der Waals surface area (Å²) in [6.45, 7) is 0.835. The fourth-order valence-electron chi connectivity index (χ4n) is 1.23.